The number of pyridine rings is 8. The first-order valence-corrected chi connectivity index (χ1v) is 41.5. The van der Waals surface area contributed by atoms with E-state index in [0.29, 0.717) is 35.5 Å². The number of hydrogen-bond donors (Lipinski definition) is 0. The summed E-state index contributed by atoms with van der Waals surface area (Å²) in [7, 11) is 8.40. The first-order valence-electron chi connectivity index (χ1n) is 41.5. The van der Waals surface area contributed by atoms with Gasteiger partial charge >= 0.3 is 0 Å². The van der Waals surface area contributed by atoms with Gasteiger partial charge in [0.1, 0.15) is 28.2 Å². The Morgan fingerprint density at radius 1 is 0.351 bits per heavy atom. The maximum atomic E-state index is 6.45. The highest BCUT2D eigenvalue weighted by molar-refractivity contribution is 6.12. The molecule has 12 heterocycles. The predicted octanol–water partition coefficient (Wildman–Crippen LogP) is 25.4. The molecule has 0 aliphatic heterocycles. The van der Waals surface area contributed by atoms with Crippen molar-refractivity contribution in [2.45, 2.75) is 212 Å². The molecule has 1 saturated carbocycles. The van der Waals surface area contributed by atoms with Gasteiger partial charge in [0.15, 0.2) is 47.1 Å². The predicted molar refractivity (Wildman–Crippen MR) is 469 cm³/mol. The van der Waals surface area contributed by atoms with Crippen molar-refractivity contribution >= 4 is 88.3 Å². The van der Waals surface area contributed by atoms with E-state index in [1.807, 2.05) is 0 Å². The molecule has 12 heteroatoms. The molecule has 0 unspecified atom stereocenters. The molecule has 1 aliphatic carbocycles. The molecular formula is C102H118N8O4+4. The third-order valence-corrected chi connectivity index (χ3v) is 23.3. The number of aryl methyl sites for hydroxylation is 8. The number of benzene rings is 4. The quantitative estimate of drug-likeness (QED) is 0.111. The molecule has 16 aromatic rings. The summed E-state index contributed by atoms with van der Waals surface area (Å²) in [4.78, 5) is 19.5. The third kappa shape index (κ3) is 16.1. The summed E-state index contributed by atoms with van der Waals surface area (Å²) in [6.07, 6.45) is 15.6. The smallest absolute Gasteiger partial charge is 0.227 e. The van der Waals surface area contributed by atoms with Gasteiger partial charge in [-0.1, -0.05) is 172 Å². The van der Waals surface area contributed by atoms with Crippen LogP contribution in [0.5, 0.6) is 0 Å². The van der Waals surface area contributed by atoms with E-state index in [4.69, 9.17) is 37.6 Å². The number of aromatic nitrogens is 8. The van der Waals surface area contributed by atoms with Crippen LogP contribution < -0.4 is 18.3 Å². The van der Waals surface area contributed by atoms with Gasteiger partial charge in [-0.3, -0.25) is 0 Å². The molecule has 0 spiro atoms. The first-order chi connectivity index (χ1) is 54.2. The van der Waals surface area contributed by atoms with Crippen molar-refractivity contribution in [3.05, 3.63) is 238 Å². The van der Waals surface area contributed by atoms with Crippen LogP contribution in [0, 0.1) is 39.0 Å². The highest BCUT2D eigenvalue weighted by Crippen LogP contribution is 2.44. The zero-order valence-electron chi connectivity index (χ0n) is 72.1. The van der Waals surface area contributed by atoms with E-state index in [9.17, 15) is 0 Å². The fourth-order valence-corrected chi connectivity index (χ4v) is 16.5. The second-order valence-corrected chi connectivity index (χ2v) is 36.4. The molecule has 12 nitrogen and oxygen atoms in total. The van der Waals surface area contributed by atoms with Gasteiger partial charge < -0.3 is 17.7 Å². The van der Waals surface area contributed by atoms with Crippen LogP contribution in [0.15, 0.2) is 188 Å². The number of fused-ring (bicyclic) bond motifs is 12. The molecule has 0 saturated heterocycles. The molecule has 12 aromatic heterocycles. The first kappa shape index (κ1) is 79.9. The van der Waals surface area contributed by atoms with E-state index in [1.165, 1.54) is 104 Å². The summed E-state index contributed by atoms with van der Waals surface area (Å²) in [5.41, 5.74) is 30.8. The number of rotatable bonds is 12. The number of furan rings is 4. The fraction of sp³-hybridized carbons (Fsp3) is 0.373. The normalized spacial score (nSPS) is 13.0. The van der Waals surface area contributed by atoms with Crippen molar-refractivity contribution in [2.75, 3.05) is 0 Å². The van der Waals surface area contributed by atoms with E-state index >= 15 is 0 Å². The van der Waals surface area contributed by atoms with E-state index in [-0.39, 0.29) is 10.8 Å². The topological polar surface area (TPSA) is 120 Å². The molecule has 114 heavy (non-hydrogen) atoms. The van der Waals surface area contributed by atoms with Gasteiger partial charge in [0.25, 0.3) is 0 Å². The molecule has 0 amide bonds. The van der Waals surface area contributed by atoms with E-state index in [0.717, 1.165) is 135 Å². The fourth-order valence-electron chi connectivity index (χ4n) is 16.5. The highest BCUT2D eigenvalue weighted by atomic mass is 16.4. The van der Waals surface area contributed by atoms with Crippen molar-refractivity contribution in [3.8, 4) is 45.0 Å². The maximum absolute atomic E-state index is 6.45. The lowest BCUT2D eigenvalue weighted by Gasteiger charge is -2.16. The lowest BCUT2D eigenvalue weighted by molar-refractivity contribution is -0.660. The average Bonchev–Trinajstić information content (AvgIpc) is 1.62. The Kier molecular flexibility index (Phi) is 22.4. The van der Waals surface area contributed by atoms with Crippen LogP contribution in [-0.2, 0) is 46.4 Å². The lowest BCUT2D eigenvalue weighted by Crippen LogP contribution is -2.31. The largest absolute Gasteiger partial charge is 0.437 e. The zero-order valence-corrected chi connectivity index (χ0v) is 72.1. The van der Waals surface area contributed by atoms with Gasteiger partial charge in [0.05, 0.1) is 22.3 Å². The second kappa shape index (κ2) is 31.9. The van der Waals surface area contributed by atoms with Crippen LogP contribution >= 0.6 is 0 Å². The number of hydrogen-bond acceptors (Lipinski definition) is 8. The van der Waals surface area contributed by atoms with Gasteiger partial charge in [-0.15, -0.1) is 0 Å². The third-order valence-electron chi connectivity index (χ3n) is 23.3. The maximum Gasteiger partial charge on any atom is 0.227 e. The highest BCUT2D eigenvalue weighted by Gasteiger charge is 2.30. The summed E-state index contributed by atoms with van der Waals surface area (Å²) in [6.45, 7) is 44.2. The van der Waals surface area contributed by atoms with Crippen molar-refractivity contribution in [3.63, 3.8) is 0 Å². The van der Waals surface area contributed by atoms with Gasteiger partial charge in [0.2, 0.25) is 45.6 Å². The molecule has 1 fully saturated rings. The van der Waals surface area contributed by atoms with Gasteiger partial charge in [-0.2, -0.15) is 0 Å². The zero-order chi connectivity index (χ0) is 81.3. The summed E-state index contributed by atoms with van der Waals surface area (Å²) < 4.78 is 34.3. The van der Waals surface area contributed by atoms with Gasteiger partial charge in [-0.05, 0) is 181 Å². The molecule has 17 rings (SSSR count). The minimum absolute atomic E-state index is 0.00997. The van der Waals surface area contributed by atoms with Gasteiger partial charge in [0, 0.05) is 126 Å². The van der Waals surface area contributed by atoms with Crippen LogP contribution in [0.1, 0.15) is 233 Å². The Hall–Kier alpha value is -10.7. The van der Waals surface area contributed by atoms with Crippen LogP contribution in [0.2, 0.25) is 0 Å². The molecule has 0 N–H and O–H groups in total. The Labute approximate surface area is 674 Å². The van der Waals surface area contributed by atoms with Crippen molar-refractivity contribution in [1.82, 2.24) is 19.9 Å². The van der Waals surface area contributed by atoms with E-state index in [1.54, 1.807) is 0 Å². The monoisotopic (exact) mass is 1520 g/mol. The second-order valence-electron chi connectivity index (χ2n) is 36.4. The summed E-state index contributed by atoms with van der Waals surface area (Å²) in [6, 6.07) is 52.7. The Morgan fingerprint density at radius 3 is 0.974 bits per heavy atom. The van der Waals surface area contributed by atoms with Crippen LogP contribution in [0.3, 0.4) is 0 Å². The molecule has 0 radical (unpaired) electrons. The molecule has 1 aliphatic rings. The van der Waals surface area contributed by atoms with Crippen molar-refractivity contribution in [2.24, 2.45) is 39.5 Å². The molecular weight excluding hydrogens is 1400 g/mol. The summed E-state index contributed by atoms with van der Waals surface area (Å²) >= 11 is 0. The van der Waals surface area contributed by atoms with Crippen molar-refractivity contribution < 1.29 is 35.9 Å². The van der Waals surface area contributed by atoms with Crippen LogP contribution in [0.4, 0.5) is 0 Å². The Balaban J connectivity index is 0.000000126. The average molecular weight is 1520 g/mol. The van der Waals surface area contributed by atoms with Gasteiger partial charge in [-0.25, -0.2) is 38.2 Å². The molecule has 0 bridgehead atoms. The number of nitrogens with zero attached hydrogens (tertiary/aromatic N) is 8. The minimum Gasteiger partial charge on any atom is -0.437 e. The molecule has 586 valence electrons. The summed E-state index contributed by atoms with van der Waals surface area (Å²) in [5, 5.41) is 8.91. The summed E-state index contributed by atoms with van der Waals surface area (Å²) in [5.74, 6) is 3.09. The minimum atomic E-state index is -0.00997. The Morgan fingerprint density at radius 2 is 0.649 bits per heavy atom. The van der Waals surface area contributed by atoms with E-state index < -0.39 is 0 Å². The molecule has 4 aromatic carbocycles. The van der Waals surface area contributed by atoms with Crippen LogP contribution in [0.25, 0.3) is 133 Å². The SMILES string of the molecule is Cc1ccc2c(oc3nc(C(C)(C)C)ccc32)c1-c1cc(C(C)C)cc[n+]1C.Cc1ccc2c(oc3nc(C4CCCC4)ccc32)c1-c1cc(C(C)C)cc[n+]1C.Cc1ccc2c(oc3nc(CC(C)(C)C)ccc32)c1-c1cc(C(C)C)cc[n+]1C.Cc1ccc2c(oc3nc(CC(C)C)ccc32)c1-c1cc(C(C)C)cc[n+]1C. The van der Waals surface area contributed by atoms with Crippen molar-refractivity contribution in [1.29, 1.82) is 0 Å². The Bertz CT molecular complexity index is 6310. The standard InChI is InChI=1S/C26H29N2O.C26H31N2O.2C25H29N2O/c1-16(2)19-13-14-28(4)23(15-19)24-17(3)9-10-20-21-11-12-22(18-7-5-6-8-18)27-26(21)29-25(20)24;1-16(2)18-12-13-28(7)22(14-18)23-17(3)8-10-20-21-11-9-19(15-26(4,5)6)27-25(21)29-24(20)23;1-15(2)17-12-13-27(7)20(14-17)22-16(3)8-9-18-19-10-11-21(25(4,5)6)26-24(19)28-23(18)22;1-15(2)13-19-8-10-21-20-9-7-17(5)23(24(20)28-25(21)26-19)22-14-18(16(3)4)11-12-27(22)6/h9-16,18H,5-8H2,1-4H3;8-14,16H,15H2,1-7H3;8-15H,1-7H3;7-12,14-16H,13H2,1-6H3/q4*+1. The lowest BCUT2D eigenvalue weighted by atomic mass is 9.90. The molecule has 0 atom stereocenters. The van der Waals surface area contributed by atoms with Crippen LogP contribution in [-0.4, -0.2) is 19.9 Å². The van der Waals surface area contributed by atoms with E-state index in [2.05, 4.69) is 355 Å².